The number of guanidine groups is 1. The summed E-state index contributed by atoms with van der Waals surface area (Å²) in [6.07, 6.45) is 6.58. The Hall–Kier alpha value is -1.55. The van der Waals surface area contributed by atoms with Crippen molar-refractivity contribution in [3.05, 3.63) is 35.4 Å². The Kier molecular flexibility index (Phi) is 8.10. The lowest BCUT2D eigenvalue weighted by Crippen LogP contribution is -2.43. The molecule has 1 aromatic carbocycles. The highest BCUT2D eigenvalue weighted by Gasteiger charge is 2.14. The molecule has 1 aromatic rings. The van der Waals surface area contributed by atoms with E-state index >= 15 is 0 Å². The van der Waals surface area contributed by atoms with Gasteiger partial charge < -0.3 is 10.6 Å². The Morgan fingerprint density at radius 3 is 2.25 bits per heavy atom. The lowest BCUT2D eigenvalue weighted by Gasteiger charge is -2.25. The van der Waals surface area contributed by atoms with Crippen molar-refractivity contribution in [1.82, 2.24) is 15.5 Å². The lowest BCUT2D eigenvalue weighted by atomic mass is 9.96. The van der Waals surface area contributed by atoms with E-state index in [0.717, 1.165) is 32.1 Å². The Balaban J connectivity index is 1.79. The van der Waals surface area contributed by atoms with Gasteiger partial charge in [-0.15, -0.1) is 0 Å². The predicted molar refractivity (Wildman–Crippen MR) is 103 cm³/mol. The highest BCUT2D eigenvalue weighted by molar-refractivity contribution is 5.79. The number of nitrogens with one attached hydrogen (secondary N) is 2. The number of hydrogen-bond donors (Lipinski definition) is 2. The highest BCUT2D eigenvalue weighted by Crippen LogP contribution is 2.17. The van der Waals surface area contributed by atoms with Gasteiger partial charge in [0, 0.05) is 26.2 Å². The minimum absolute atomic E-state index is 0.585. The molecule has 0 bridgehead atoms. The first-order chi connectivity index (χ1) is 11.7. The normalized spacial score (nSPS) is 16.4. The van der Waals surface area contributed by atoms with Crippen LogP contribution < -0.4 is 10.6 Å². The van der Waals surface area contributed by atoms with Crippen molar-refractivity contribution < 1.29 is 0 Å². The van der Waals surface area contributed by atoms with Crippen LogP contribution in [0.25, 0.3) is 0 Å². The Morgan fingerprint density at radius 1 is 1.04 bits per heavy atom. The molecular formula is C20H34N4. The summed E-state index contributed by atoms with van der Waals surface area (Å²) < 4.78 is 0. The average molecular weight is 331 g/mol. The number of hydrogen-bond acceptors (Lipinski definition) is 2. The highest BCUT2D eigenvalue weighted by atomic mass is 15.2. The van der Waals surface area contributed by atoms with E-state index in [4.69, 9.17) is 0 Å². The third-order valence-electron chi connectivity index (χ3n) is 4.95. The van der Waals surface area contributed by atoms with E-state index in [2.05, 4.69) is 58.6 Å². The van der Waals surface area contributed by atoms with Gasteiger partial charge in [0.25, 0.3) is 0 Å². The molecule has 0 radical (unpaired) electrons. The maximum atomic E-state index is 4.36. The second-order valence-electron chi connectivity index (χ2n) is 6.68. The van der Waals surface area contributed by atoms with Gasteiger partial charge in [-0.25, -0.2) is 0 Å². The second-order valence-corrected chi connectivity index (χ2v) is 6.68. The summed E-state index contributed by atoms with van der Waals surface area (Å²) >= 11 is 0. The Morgan fingerprint density at radius 2 is 1.67 bits per heavy atom. The molecule has 0 amide bonds. The molecule has 1 saturated carbocycles. The van der Waals surface area contributed by atoms with Crippen LogP contribution in [0.2, 0.25) is 0 Å². The fraction of sp³-hybridized carbons (Fsp3) is 0.650. The molecule has 1 aliphatic carbocycles. The molecule has 0 spiro atoms. The second kappa shape index (κ2) is 10.3. The summed E-state index contributed by atoms with van der Waals surface area (Å²) in [5.41, 5.74) is 2.68. The van der Waals surface area contributed by atoms with Crippen molar-refractivity contribution >= 4 is 5.96 Å². The minimum atomic E-state index is 0.585. The molecule has 0 saturated heterocycles. The zero-order chi connectivity index (χ0) is 17.2. The van der Waals surface area contributed by atoms with E-state index < -0.39 is 0 Å². The molecule has 2 rings (SSSR count). The van der Waals surface area contributed by atoms with Crippen LogP contribution in [0, 0.1) is 0 Å². The number of rotatable bonds is 7. The maximum absolute atomic E-state index is 4.36. The van der Waals surface area contributed by atoms with Gasteiger partial charge in [-0.1, -0.05) is 57.4 Å². The minimum Gasteiger partial charge on any atom is -0.354 e. The zero-order valence-electron chi connectivity index (χ0n) is 15.6. The summed E-state index contributed by atoms with van der Waals surface area (Å²) in [4.78, 5) is 6.80. The van der Waals surface area contributed by atoms with Crippen molar-refractivity contribution in [2.45, 2.75) is 65.1 Å². The van der Waals surface area contributed by atoms with Crippen molar-refractivity contribution in [1.29, 1.82) is 0 Å². The molecule has 0 heterocycles. The molecule has 4 nitrogen and oxygen atoms in total. The SMILES string of the molecule is CCN(CC)Cc1ccc(CNC(=NC)NC2CCCCC2)cc1. The zero-order valence-corrected chi connectivity index (χ0v) is 15.6. The van der Waals surface area contributed by atoms with Crippen molar-refractivity contribution in [3.63, 3.8) is 0 Å². The van der Waals surface area contributed by atoms with Crippen LogP contribution in [0.3, 0.4) is 0 Å². The third-order valence-corrected chi connectivity index (χ3v) is 4.95. The summed E-state index contributed by atoms with van der Waals surface area (Å²) in [5, 5.41) is 7.00. The lowest BCUT2D eigenvalue weighted by molar-refractivity contribution is 0.296. The first kappa shape index (κ1) is 18.8. The van der Waals surface area contributed by atoms with E-state index in [-0.39, 0.29) is 0 Å². The van der Waals surface area contributed by atoms with Gasteiger partial charge in [0.05, 0.1) is 0 Å². The third kappa shape index (κ3) is 6.16. The molecule has 0 aliphatic heterocycles. The van der Waals surface area contributed by atoms with Crippen LogP contribution >= 0.6 is 0 Å². The molecule has 1 fully saturated rings. The molecule has 1 aliphatic rings. The fourth-order valence-electron chi connectivity index (χ4n) is 3.29. The van der Waals surface area contributed by atoms with Gasteiger partial charge in [0.1, 0.15) is 0 Å². The predicted octanol–water partition coefficient (Wildman–Crippen LogP) is 3.53. The average Bonchev–Trinajstić information content (AvgIpc) is 2.65. The first-order valence-electron chi connectivity index (χ1n) is 9.52. The van der Waals surface area contributed by atoms with Crippen LogP contribution in [0.1, 0.15) is 57.1 Å². The summed E-state index contributed by atoms with van der Waals surface area (Å²) in [5.74, 6) is 0.925. The largest absolute Gasteiger partial charge is 0.354 e. The van der Waals surface area contributed by atoms with Crippen molar-refractivity contribution in [2.75, 3.05) is 20.1 Å². The maximum Gasteiger partial charge on any atom is 0.191 e. The summed E-state index contributed by atoms with van der Waals surface area (Å²) in [6, 6.07) is 9.51. The van der Waals surface area contributed by atoms with Crippen LogP contribution in [-0.4, -0.2) is 37.0 Å². The first-order valence-corrected chi connectivity index (χ1v) is 9.52. The Bertz CT molecular complexity index is 485. The van der Waals surface area contributed by atoms with Crippen molar-refractivity contribution in [3.8, 4) is 0 Å². The monoisotopic (exact) mass is 330 g/mol. The molecule has 2 N–H and O–H groups in total. The van der Waals surface area contributed by atoms with Crippen LogP contribution in [0.5, 0.6) is 0 Å². The van der Waals surface area contributed by atoms with Crippen LogP contribution in [0.4, 0.5) is 0 Å². The molecule has 134 valence electrons. The van der Waals surface area contributed by atoms with E-state index in [1.165, 1.54) is 43.2 Å². The van der Waals surface area contributed by atoms with Gasteiger partial charge in [-0.3, -0.25) is 9.89 Å². The fourth-order valence-corrected chi connectivity index (χ4v) is 3.29. The van der Waals surface area contributed by atoms with E-state index in [9.17, 15) is 0 Å². The standard InChI is InChI=1S/C20H34N4/c1-4-24(5-2)16-18-13-11-17(12-14-18)15-22-20(21-3)23-19-9-7-6-8-10-19/h11-14,19H,4-10,15-16H2,1-3H3,(H2,21,22,23). The van der Waals surface area contributed by atoms with E-state index in [0.29, 0.717) is 6.04 Å². The quantitative estimate of drug-likeness (QED) is 0.593. The van der Waals surface area contributed by atoms with Gasteiger partial charge in [0.2, 0.25) is 0 Å². The Labute approximate surface area is 147 Å². The topological polar surface area (TPSA) is 39.7 Å². The molecule has 0 atom stereocenters. The van der Waals surface area contributed by atoms with Crippen LogP contribution in [0.15, 0.2) is 29.3 Å². The molecule has 24 heavy (non-hydrogen) atoms. The van der Waals surface area contributed by atoms with Gasteiger partial charge in [-0.05, 0) is 37.1 Å². The smallest absolute Gasteiger partial charge is 0.191 e. The number of benzene rings is 1. The molecular weight excluding hydrogens is 296 g/mol. The molecule has 4 heteroatoms. The molecule has 0 aromatic heterocycles. The van der Waals surface area contributed by atoms with Gasteiger partial charge >= 0.3 is 0 Å². The summed E-state index contributed by atoms with van der Waals surface area (Å²) in [7, 11) is 1.85. The number of nitrogens with zero attached hydrogens (tertiary/aromatic N) is 2. The van der Waals surface area contributed by atoms with E-state index in [1.807, 2.05) is 7.05 Å². The van der Waals surface area contributed by atoms with Gasteiger partial charge in [0.15, 0.2) is 5.96 Å². The van der Waals surface area contributed by atoms with Crippen LogP contribution in [-0.2, 0) is 13.1 Å². The number of aliphatic imine (C=N–C) groups is 1. The van der Waals surface area contributed by atoms with Crippen molar-refractivity contribution in [2.24, 2.45) is 4.99 Å². The summed E-state index contributed by atoms with van der Waals surface area (Å²) in [6.45, 7) is 8.48. The molecule has 0 unspecified atom stereocenters. The van der Waals surface area contributed by atoms with E-state index in [1.54, 1.807) is 0 Å². The van der Waals surface area contributed by atoms with Gasteiger partial charge in [-0.2, -0.15) is 0 Å².